The Balaban J connectivity index is 2.50. The van der Waals surface area contributed by atoms with Crippen LogP contribution in [-0.4, -0.2) is 24.6 Å². The highest BCUT2D eigenvalue weighted by atomic mass is 32.2. The predicted octanol–water partition coefficient (Wildman–Crippen LogP) is 2.27. The molecule has 0 aliphatic heterocycles. The van der Waals surface area contributed by atoms with E-state index in [9.17, 15) is 18.5 Å². The second kappa shape index (κ2) is 5.38. The van der Waals surface area contributed by atoms with Gasteiger partial charge in [-0.05, 0) is 24.3 Å². The van der Waals surface area contributed by atoms with Gasteiger partial charge in [-0.15, -0.1) is 0 Å². The molecular formula is C14H20N2O4S. The van der Waals surface area contributed by atoms with Gasteiger partial charge in [0.2, 0.25) is 0 Å². The zero-order valence-corrected chi connectivity index (χ0v) is 13.0. The van der Waals surface area contributed by atoms with E-state index in [2.05, 4.69) is 0 Å². The van der Waals surface area contributed by atoms with E-state index in [0.717, 1.165) is 12.8 Å². The number of rotatable bonds is 3. The molecule has 0 aromatic heterocycles. The van der Waals surface area contributed by atoms with Gasteiger partial charge in [-0.2, -0.15) is 0 Å². The second-order valence-corrected chi connectivity index (χ2v) is 8.35. The first-order valence-corrected chi connectivity index (χ1v) is 8.45. The molecule has 0 radical (unpaired) electrons. The predicted molar refractivity (Wildman–Crippen MR) is 79.7 cm³/mol. The van der Waals surface area contributed by atoms with Gasteiger partial charge in [-0.25, -0.2) is 8.42 Å². The molecular weight excluding hydrogens is 292 g/mol. The van der Waals surface area contributed by atoms with Gasteiger partial charge in [-0.3, -0.25) is 10.1 Å². The van der Waals surface area contributed by atoms with Crippen molar-refractivity contribution in [2.24, 2.45) is 11.1 Å². The summed E-state index contributed by atoms with van der Waals surface area (Å²) in [5.74, 6) is 0. The van der Waals surface area contributed by atoms with Crippen LogP contribution in [0, 0.1) is 15.5 Å². The highest BCUT2D eigenvalue weighted by molar-refractivity contribution is 7.92. The van der Waals surface area contributed by atoms with Crippen LogP contribution in [0.5, 0.6) is 0 Å². The van der Waals surface area contributed by atoms with Crippen LogP contribution in [0.3, 0.4) is 0 Å². The van der Waals surface area contributed by atoms with E-state index in [4.69, 9.17) is 5.73 Å². The maximum atomic E-state index is 12.8. The average molecular weight is 312 g/mol. The summed E-state index contributed by atoms with van der Waals surface area (Å²) in [4.78, 5) is 10.2. The van der Waals surface area contributed by atoms with Crippen LogP contribution in [0.1, 0.15) is 33.1 Å². The van der Waals surface area contributed by atoms with Crippen LogP contribution in [0.2, 0.25) is 0 Å². The fourth-order valence-corrected chi connectivity index (χ4v) is 5.23. The molecule has 116 valence electrons. The molecule has 0 amide bonds. The lowest BCUT2D eigenvalue weighted by Gasteiger charge is -2.41. The summed E-state index contributed by atoms with van der Waals surface area (Å²) in [5, 5.41) is 10.3. The standard InChI is InChI=1S/C14H20N2O4S/c1-14(2)9-5-8-12(13(14)15)21(19,20)11-7-4-3-6-10(11)16(17)18/h3-4,6-7,12-13H,5,8-9,15H2,1-2H3. The van der Waals surface area contributed by atoms with E-state index >= 15 is 0 Å². The molecule has 0 bridgehead atoms. The van der Waals surface area contributed by atoms with E-state index in [1.54, 1.807) is 0 Å². The zero-order valence-electron chi connectivity index (χ0n) is 12.2. The molecule has 0 saturated heterocycles. The lowest BCUT2D eigenvalue weighted by Crippen LogP contribution is -2.52. The molecule has 7 heteroatoms. The van der Waals surface area contributed by atoms with Gasteiger partial charge in [0.25, 0.3) is 5.69 Å². The van der Waals surface area contributed by atoms with Crippen molar-refractivity contribution >= 4 is 15.5 Å². The quantitative estimate of drug-likeness (QED) is 0.681. The molecule has 1 aliphatic carbocycles. The SMILES string of the molecule is CC1(C)CCCC(S(=O)(=O)c2ccccc2[N+](=O)[O-])C1N. The Morgan fingerprint density at radius 2 is 1.95 bits per heavy atom. The summed E-state index contributed by atoms with van der Waals surface area (Å²) in [6.07, 6.45) is 2.06. The van der Waals surface area contributed by atoms with Gasteiger partial charge in [0.1, 0.15) is 4.90 Å². The molecule has 6 nitrogen and oxygen atoms in total. The fraction of sp³-hybridized carbons (Fsp3) is 0.571. The summed E-state index contributed by atoms with van der Waals surface area (Å²) in [5.41, 5.74) is 5.48. The second-order valence-electron chi connectivity index (χ2n) is 6.21. The summed E-state index contributed by atoms with van der Waals surface area (Å²) >= 11 is 0. The third-order valence-electron chi connectivity index (χ3n) is 4.38. The molecule has 21 heavy (non-hydrogen) atoms. The lowest BCUT2D eigenvalue weighted by atomic mass is 9.73. The number of sulfone groups is 1. The van der Waals surface area contributed by atoms with Crippen molar-refractivity contribution in [3.05, 3.63) is 34.4 Å². The average Bonchev–Trinajstić information content (AvgIpc) is 2.41. The Morgan fingerprint density at radius 1 is 1.33 bits per heavy atom. The number of nitrogens with zero attached hydrogens (tertiary/aromatic N) is 1. The van der Waals surface area contributed by atoms with Gasteiger partial charge in [0, 0.05) is 12.1 Å². The Hall–Kier alpha value is -1.47. The highest BCUT2D eigenvalue weighted by Gasteiger charge is 2.45. The van der Waals surface area contributed by atoms with Crippen molar-refractivity contribution < 1.29 is 13.3 Å². The number of nitrogens with two attached hydrogens (primary N) is 1. The molecule has 2 atom stereocenters. The Labute approximate surface area is 124 Å². The van der Waals surface area contributed by atoms with Crippen molar-refractivity contribution in [2.45, 2.75) is 49.3 Å². The van der Waals surface area contributed by atoms with Crippen LogP contribution in [0.4, 0.5) is 5.69 Å². The molecule has 2 unspecified atom stereocenters. The first-order chi connectivity index (χ1) is 9.68. The minimum Gasteiger partial charge on any atom is -0.326 e. The monoisotopic (exact) mass is 312 g/mol. The molecule has 0 spiro atoms. The number of nitro benzene ring substituents is 1. The maximum Gasteiger partial charge on any atom is 0.287 e. The number of benzene rings is 1. The van der Waals surface area contributed by atoms with Crippen molar-refractivity contribution in [2.75, 3.05) is 0 Å². The van der Waals surface area contributed by atoms with Gasteiger partial charge in [0.05, 0.1) is 10.2 Å². The van der Waals surface area contributed by atoms with Crippen LogP contribution in [0.15, 0.2) is 29.2 Å². The van der Waals surface area contributed by atoms with Gasteiger partial charge in [-0.1, -0.05) is 32.4 Å². The van der Waals surface area contributed by atoms with Crippen LogP contribution < -0.4 is 5.73 Å². The van der Waals surface area contributed by atoms with Crippen LogP contribution in [-0.2, 0) is 9.84 Å². The number of para-hydroxylation sites is 1. The van der Waals surface area contributed by atoms with E-state index in [0.29, 0.717) is 6.42 Å². The molecule has 1 fully saturated rings. The molecule has 1 aliphatic rings. The summed E-state index contributed by atoms with van der Waals surface area (Å²) in [6, 6.07) is 4.94. The van der Waals surface area contributed by atoms with E-state index in [1.807, 2.05) is 13.8 Å². The van der Waals surface area contributed by atoms with Gasteiger partial charge in [0.15, 0.2) is 9.84 Å². The smallest absolute Gasteiger partial charge is 0.287 e. The minimum absolute atomic E-state index is 0.229. The zero-order chi connectivity index (χ0) is 15.8. The lowest BCUT2D eigenvalue weighted by molar-refractivity contribution is -0.387. The van der Waals surface area contributed by atoms with Crippen molar-refractivity contribution in [3.8, 4) is 0 Å². The topological polar surface area (TPSA) is 103 Å². The molecule has 2 rings (SSSR count). The molecule has 2 N–H and O–H groups in total. The normalized spacial score (nSPS) is 25.5. The Bertz CT molecular complexity index is 655. The van der Waals surface area contributed by atoms with Crippen molar-refractivity contribution in [1.29, 1.82) is 0 Å². The molecule has 1 aromatic rings. The number of nitro groups is 1. The van der Waals surface area contributed by atoms with Crippen LogP contribution >= 0.6 is 0 Å². The highest BCUT2D eigenvalue weighted by Crippen LogP contribution is 2.40. The fourth-order valence-electron chi connectivity index (χ4n) is 2.97. The van der Waals surface area contributed by atoms with Gasteiger partial charge < -0.3 is 5.73 Å². The van der Waals surface area contributed by atoms with Crippen molar-refractivity contribution in [3.63, 3.8) is 0 Å². The van der Waals surface area contributed by atoms with E-state index in [1.165, 1.54) is 24.3 Å². The van der Waals surface area contributed by atoms with Gasteiger partial charge >= 0.3 is 0 Å². The first-order valence-electron chi connectivity index (χ1n) is 6.91. The Morgan fingerprint density at radius 3 is 2.57 bits per heavy atom. The number of hydrogen-bond donors (Lipinski definition) is 1. The minimum atomic E-state index is -3.82. The molecule has 1 aromatic carbocycles. The van der Waals surface area contributed by atoms with Crippen molar-refractivity contribution in [1.82, 2.24) is 0 Å². The first kappa shape index (κ1) is 15.9. The summed E-state index contributed by atoms with van der Waals surface area (Å²) in [6.45, 7) is 3.89. The Kier molecular flexibility index (Phi) is 4.08. The molecule has 0 heterocycles. The summed E-state index contributed by atoms with van der Waals surface area (Å²) in [7, 11) is -3.82. The maximum absolute atomic E-state index is 12.8. The van der Waals surface area contributed by atoms with E-state index < -0.39 is 26.1 Å². The summed E-state index contributed by atoms with van der Waals surface area (Å²) < 4.78 is 25.7. The third kappa shape index (κ3) is 2.80. The largest absolute Gasteiger partial charge is 0.326 e. The third-order valence-corrected chi connectivity index (χ3v) is 6.66. The van der Waals surface area contributed by atoms with Crippen LogP contribution in [0.25, 0.3) is 0 Å². The molecule has 1 saturated carbocycles. The van der Waals surface area contributed by atoms with E-state index in [-0.39, 0.29) is 16.0 Å². The number of hydrogen-bond acceptors (Lipinski definition) is 5.